The number of rotatable bonds is 7. The normalized spacial score (nSPS) is 15.2. The van der Waals surface area contributed by atoms with Crippen molar-refractivity contribution in [3.05, 3.63) is 64.6 Å². The molecule has 144 valence electrons. The van der Waals surface area contributed by atoms with E-state index >= 15 is 0 Å². The molecule has 3 rings (SSSR count). The fourth-order valence-corrected chi connectivity index (χ4v) is 3.57. The van der Waals surface area contributed by atoms with Crippen molar-refractivity contribution in [3.63, 3.8) is 0 Å². The summed E-state index contributed by atoms with van der Waals surface area (Å²) >= 11 is 0.804. The third kappa shape index (κ3) is 4.09. The summed E-state index contributed by atoms with van der Waals surface area (Å²) in [7, 11) is 1.53. The number of Topliss-reactive ketones (excluding diaryl/α,β-unsaturated/α-hetero) is 1. The number of carbonyl (C=O) groups is 3. The molecule has 0 spiro atoms. The number of carbonyl (C=O) groups excluding carboxylic acids is 3. The molecule has 6 nitrogen and oxygen atoms in total. The second-order valence-corrected chi connectivity index (χ2v) is 6.86. The molecule has 1 aliphatic heterocycles. The maximum absolute atomic E-state index is 12.7. The zero-order valence-corrected chi connectivity index (χ0v) is 16.3. The van der Waals surface area contributed by atoms with Crippen LogP contribution < -0.4 is 9.47 Å². The second kappa shape index (κ2) is 8.75. The first kappa shape index (κ1) is 19.7. The van der Waals surface area contributed by atoms with E-state index in [-0.39, 0.29) is 17.2 Å². The molecule has 1 fully saturated rings. The minimum atomic E-state index is -0.496. The van der Waals surface area contributed by atoms with Crippen LogP contribution >= 0.6 is 11.8 Å². The van der Waals surface area contributed by atoms with Crippen molar-refractivity contribution in [2.24, 2.45) is 0 Å². The predicted octanol–water partition coefficient (Wildman–Crippen LogP) is 4.01. The Labute approximate surface area is 167 Å². The highest BCUT2D eigenvalue weighted by atomic mass is 32.2. The van der Waals surface area contributed by atoms with Gasteiger partial charge in [-0.15, -0.1) is 0 Å². The highest BCUT2D eigenvalue weighted by Gasteiger charge is 2.36. The van der Waals surface area contributed by atoms with E-state index in [0.717, 1.165) is 16.7 Å². The molecule has 2 aromatic rings. The standard InChI is InChI=1S/C21H19NO5S/c1-3-27-19-15(10-7-11-17(19)26-2)12-18-20(24)22(21(25)28-18)13-16(23)14-8-5-4-6-9-14/h4-12H,3,13H2,1-2H3/b18-12+. The molecular weight excluding hydrogens is 378 g/mol. The van der Waals surface area contributed by atoms with Crippen LogP contribution in [-0.2, 0) is 4.79 Å². The Kier molecular flexibility index (Phi) is 6.16. The van der Waals surface area contributed by atoms with Crippen molar-refractivity contribution >= 4 is 34.8 Å². The molecule has 0 atom stereocenters. The van der Waals surface area contributed by atoms with E-state index < -0.39 is 11.1 Å². The summed E-state index contributed by atoms with van der Waals surface area (Å²) in [6.45, 7) is 1.98. The Balaban J connectivity index is 1.85. The molecule has 28 heavy (non-hydrogen) atoms. The fraction of sp³-hybridized carbons (Fsp3) is 0.190. The van der Waals surface area contributed by atoms with Gasteiger partial charge in [-0.3, -0.25) is 19.3 Å². The zero-order chi connectivity index (χ0) is 20.1. The predicted molar refractivity (Wildman–Crippen MR) is 108 cm³/mol. The topological polar surface area (TPSA) is 72.9 Å². The van der Waals surface area contributed by atoms with Gasteiger partial charge in [-0.25, -0.2) is 0 Å². The number of para-hydroxylation sites is 1. The van der Waals surface area contributed by atoms with Gasteiger partial charge in [-0.05, 0) is 30.8 Å². The zero-order valence-electron chi connectivity index (χ0n) is 15.5. The van der Waals surface area contributed by atoms with Gasteiger partial charge in [-0.2, -0.15) is 0 Å². The molecule has 7 heteroatoms. The number of ketones is 1. The minimum Gasteiger partial charge on any atom is -0.493 e. The van der Waals surface area contributed by atoms with Crippen molar-refractivity contribution in [2.45, 2.75) is 6.92 Å². The SMILES string of the molecule is CCOc1c(/C=C2/SC(=O)N(CC(=O)c3ccccc3)C2=O)cccc1OC. The van der Waals surface area contributed by atoms with Gasteiger partial charge in [-0.1, -0.05) is 42.5 Å². The summed E-state index contributed by atoms with van der Waals surface area (Å²) in [5.74, 6) is 0.249. The second-order valence-electron chi connectivity index (χ2n) is 5.87. The first-order chi connectivity index (χ1) is 13.5. The average Bonchev–Trinajstić information content (AvgIpc) is 2.97. The van der Waals surface area contributed by atoms with Crippen LogP contribution in [0, 0.1) is 0 Å². The Hall–Kier alpha value is -3.06. The lowest BCUT2D eigenvalue weighted by Crippen LogP contribution is -2.33. The van der Waals surface area contributed by atoms with Gasteiger partial charge in [0.1, 0.15) is 0 Å². The number of amides is 2. The number of hydrogen-bond donors (Lipinski definition) is 0. The van der Waals surface area contributed by atoms with Gasteiger partial charge in [0.25, 0.3) is 11.1 Å². The molecular formula is C21H19NO5S. The van der Waals surface area contributed by atoms with Crippen LogP contribution in [0.2, 0.25) is 0 Å². The van der Waals surface area contributed by atoms with Gasteiger partial charge in [0.05, 0.1) is 25.2 Å². The van der Waals surface area contributed by atoms with Gasteiger partial charge < -0.3 is 9.47 Å². The molecule has 0 bridgehead atoms. The third-order valence-corrected chi connectivity index (χ3v) is 4.98. The number of methoxy groups -OCH3 is 1. The van der Waals surface area contributed by atoms with Crippen LogP contribution in [0.15, 0.2) is 53.4 Å². The van der Waals surface area contributed by atoms with Crippen LogP contribution in [0.4, 0.5) is 4.79 Å². The largest absolute Gasteiger partial charge is 0.493 e. The molecule has 0 saturated carbocycles. The van der Waals surface area contributed by atoms with E-state index in [1.54, 1.807) is 54.6 Å². The lowest BCUT2D eigenvalue weighted by atomic mass is 10.1. The molecule has 0 unspecified atom stereocenters. The van der Waals surface area contributed by atoms with Crippen molar-refractivity contribution in [2.75, 3.05) is 20.3 Å². The van der Waals surface area contributed by atoms with E-state index in [1.165, 1.54) is 7.11 Å². The molecule has 0 N–H and O–H groups in total. The third-order valence-electron chi connectivity index (χ3n) is 4.08. The van der Waals surface area contributed by atoms with E-state index in [9.17, 15) is 14.4 Å². The summed E-state index contributed by atoms with van der Waals surface area (Å²) in [6.07, 6.45) is 1.59. The number of thioether (sulfide) groups is 1. The molecule has 1 heterocycles. The summed E-state index contributed by atoms with van der Waals surface area (Å²) in [4.78, 5) is 38.6. The van der Waals surface area contributed by atoms with Gasteiger partial charge >= 0.3 is 0 Å². The Morgan fingerprint density at radius 2 is 1.86 bits per heavy atom. The smallest absolute Gasteiger partial charge is 0.293 e. The molecule has 0 aromatic heterocycles. The Bertz CT molecular complexity index is 939. The fourth-order valence-electron chi connectivity index (χ4n) is 2.74. The number of benzene rings is 2. The Morgan fingerprint density at radius 1 is 1.11 bits per heavy atom. The summed E-state index contributed by atoms with van der Waals surface area (Å²) < 4.78 is 10.9. The van der Waals surface area contributed by atoms with E-state index in [0.29, 0.717) is 29.2 Å². The highest BCUT2D eigenvalue weighted by molar-refractivity contribution is 8.18. The molecule has 1 saturated heterocycles. The number of hydrogen-bond acceptors (Lipinski definition) is 6. The van der Waals surface area contributed by atoms with Gasteiger partial charge in [0, 0.05) is 11.1 Å². The van der Waals surface area contributed by atoms with Crippen LogP contribution in [-0.4, -0.2) is 42.1 Å². The van der Waals surface area contributed by atoms with Crippen LogP contribution in [0.3, 0.4) is 0 Å². The summed E-state index contributed by atoms with van der Waals surface area (Å²) in [5, 5.41) is -0.471. The molecule has 0 aliphatic carbocycles. The summed E-state index contributed by atoms with van der Waals surface area (Å²) in [6, 6.07) is 13.9. The van der Waals surface area contributed by atoms with E-state index in [1.807, 2.05) is 6.92 Å². The molecule has 0 radical (unpaired) electrons. The number of nitrogens with zero attached hydrogens (tertiary/aromatic N) is 1. The Morgan fingerprint density at radius 3 is 2.54 bits per heavy atom. The lowest BCUT2D eigenvalue weighted by Gasteiger charge is -2.12. The average molecular weight is 397 g/mol. The first-order valence-electron chi connectivity index (χ1n) is 8.68. The number of ether oxygens (including phenoxy) is 2. The van der Waals surface area contributed by atoms with E-state index in [4.69, 9.17) is 9.47 Å². The van der Waals surface area contributed by atoms with Gasteiger partial charge in [0.2, 0.25) is 0 Å². The highest BCUT2D eigenvalue weighted by Crippen LogP contribution is 2.37. The lowest BCUT2D eigenvalue weighted by molar-refractivity contribution is -0.122. The monoisotopic (exact) mass is 397 g/mol. The van der Waals surface area contributed by atoms with Crippen LogP contribution in [0.5, 0.6) is 11.5 Å². The van der Waals surface area contributed by atoms with Gasteiger partial charge in [0.15, 0.2) is 17.3 Å². The molecule has 2 aromatic carbocycles. The molecule has 1 aliphatic rings. The van der Waals surface area contributed by atoms with Crippen molar-refractivity contribution in [1.82, 2.24) is 4.90 Å². The molecule has 2 amide bonds. The first-order valence-corrected chi connectivity index (χ1v) is 9.50. The van der Waals surface area contributed by atoms with E-state index in [2.05, 4.69) is 0 Å². The van der Waals surface area contributed by atoms with Crippen LogP contribution in [0.25, 0.3) is 6.08 Å². The van der Waals surface area contributed by atoms with Crippen molar-refractivity contribution < 1.29 is 23.9 Å². The summed E-state index contributed by atoms with van der Waals surface area (Å²) in [5.41, 5.74) is 1.08. The van der Waals surface area contributed by atoms with Crippen molar-refractivity contribution in [3.8, 4) is 11.5 Å². The maximum atomic E-state index is 12.7. The van der Waals surface area contributed by atoms with Crippen molar-refractivity contribution in [1.29, 1.82) is 0 Å². The quantitative estimate of drug-likeness (QED) is 0.519. The maximum Gasteiger partial charge on any atom is 0.293 e. The number of imide groups is 1. The minimum absolute atomic E-state index is 0.236. The van der Waals surface area contributed by atoms with Crippen LogP contribution in [0.1, 0.15) is 22.8 Å².